The van der Waals surface area contributed by atoms with Crippen LogP contribution in [0.1, 0.15) is 83.6 Å². The van der Waals surface area contributed by atoms with Crippen molar-refractivity contribution in [1.29, 1.82) is 0 Å². The molecule has 0 spiro atoms. The number of para-hydroxylation sites is 1. The summed E-state index contributed by atoms with van der Waals surface area (Å²) in [6.07, 6.45) is 14.5. The van der Waals surface area contributed by atoms with Gasteiger partial charge in [-0.15, -0.1) is 0 Å². The molecule has 1 aromatic rings. The Bertz CT molecular complexity index is 883. The van der Waals surface area contributed by atoms with Gasteiger partial charge in [-0.25, -0.2) is 0 Å². The summed E-state index contributed by atoms with van der Waals surface area (Å²) in [5.74, 6) is 3.73. The van der Waals surface area contributed by atoms with Crippen molar-refractivity contribution < 1.29 is 14.9 Å². The zero-order valence-electron chi connectivity index (χ0n) is 20.1. The van der Waals surface area contributed by atoms with Gasteiger partial charge in [0.05, 0.1) is 19.3 Å². The fourth-order valence-electron chi connectivity index (χ4n) is 8.77. The van der Waals surface area contributed by atoms with Gasteiger partial charge in [0, 0.05) is 17.2 Å². The molecular formula is C28H41NO3. The Morgan fingerprint density at radius 1 is 1.03 bits per heavy atom. The Morgan fingerprint density at radius 3 is 2.66 bits per heavy atom. The van der Waals surface area contributed by atoms with Gasteiger partial charge in [-0.3, -0.25) is 4.99 Å². The molecule has 32 heavy (non-hydrogen) atoms. The molecule has 0 unspecified atom stereocenters. The summed E-state index contributed by atoms with van der Waals surface area (Å²) < 4.78 is 5.21. The second kappa shape index (κ2) is 8.04. The minimum Gasteiger partial charge on any atom is -0.504 e. The first-order chi connectivity index (χ1) is 15.3. The number of benzene rings is 1. The van der Waals surface area contributed by atoms with Crippen LogP contribution >= 0.6 is 0 Å². The quantitative estimate of drug-likeness (QED) is 0.567. The van der Waals surface area contributed by atoms with Crippen molar-refractivity contribution >= 4 is 6.21 Å². The van der Waals surface area contributed by atoms with Crippen LogP contribution in [0, 0.1) is 34.5 Å². The van der Waals surface area contributed by atoms with Gasteiger partial charge in [-0.2, -0.15) is 0 Å². The van der Waals surface area contributed by atoms with E-state index in [1.54, 1.807) is 19.4 Å². The highest BCUT2D eigenvalue weighted by molar-refractivity contribution is 5.84. The SMILES string of the molecule is COc1cccc(C=NC[C@@]2(O)CC[C@@H]3[C@@H]4CC[C@H]5CCCC[C@]5(C)[C@H]4CC[C@@]32C)c1O. The highest BCUT2D eigenvalue weighted by Gasteiger charge is 2.64. The number of hydrogen-bond donors (Lipinski definition) is 2. The van der Waals surface area contributed by atoms with E-state index in [-0.39, 0.29) is 11.2 Å². The van der Waals surface area contributed by atoms with Gasteiger partial charge in [0.2, 0.25) is 0 Å². The van der Waals surface area contributed by atoms with E-state index in [0.29, 0.717) is 29.2 Å². The van der Waals surface area contributed by atoms with Gasteiger partial charge in [0.1, 0.15) is 0 Å². The molecule has 0 heterocycles. The Kier molecular flexibility index (Phi) is 5.59. The van der Waals surface area contributed by atoms with Crippen LogP contribution in [0.2, 0.25) is 0 Å². The molecule has 4 heteroatoms. The van der Waals surface area contributed by atoms with E-state index >= 15 is 0 Å². The number of aromatic hydroxyl groups is 1. The van der Waals surface area contributed by atoms with Crippen LogP contribution in [0.4, 0.5) is 0 Å². The van der Waals surface area contributed by atoms with E-state index in [2.05, 4.69) is 18.8 Å². The first-order valence-corrected chi connectivity index (χ1v) is 12.9. The molecule has 7 atom stereocenters. The number of nitrogens with zero attached hydrogens (tertiary/aromatic N) is 1. The van der Waals surface area contributed by atoms with E-state index in [4.69, 9.17) is 4.74 Å². The second-order valence-electron chi connectivity index (χ2n) is 11.8. The molecule has 5 rings (SSSR count). The maximum absolute atomic E-state index is 11.9. The molecular weight excluding hydrogens is 398 g/mol. The van der Waals surface area contributed by atoms with Gasteiger partial charge < -0.3 is 14.9 Å². The summed E-state index contributed by atoms with van der Waals surface area (Å²) in [7, 11) is 1.55. The number of ether oxygens (including phenoxy) is 1. The number of fused-ring (bicyclic) bond motifs is 5. The number of rotatable bonds is 4. The number of aliphatic imine (C=N–C) groups is 1. The summed E-state index contributed by atoms with van der Waals surface area (Å²) >= 11 is 0. The smallest absolute Gasteiger partial charge is 0.166 e. The standard InChI is InChI=1S/C28H41NO3/c1-26-14-5-4-8-20(26)10-11-21-22(26)12-15-27(2)23(21)13-16-28(27,31)18-29-17-19-7-6-9-24(32-3)25(19)30/h6-7,9,17,20-23,30-31H,4-5,8,10-16,18H2,1-3H3/t20-,21-,22+,23-,26+,27+,28+/m1/s1. The van der Waals surface area contributed by atoms with Crippen LogP contribution < -0.4 is 4.74 Å². The lowest BCUT2D eigenvalue weighted by atomic mass is 9.44. The molecule has 0 bridgehead atoms. The molecule has 0 amide bonds. The van der Waals surface area contributed by atoms with Crippen LogP contribution in [0.3, 0.4) is 0 Å². The largest absolute Gasteiger partial charge is 0.504 e. The first-order valence-electron chi connectivity index (χ1n) is 12.9. The molecule has 4 fully saturated rings. The molecule has 4 nitrogen and oxygen atoms in total. The fraction of sp³-hybridized carbons (Fsp3) is 0.750. The molecule has 0 saturated heterocycles. The van der Waals surface area contributed by atoms with Crippen LogP contribution in [0.15, 0.2) is 23.2 Å². The Hall–Kier alpha value is -1.55. The summed E-state index contributed by atoms with van der Waals surface area (Å²) in [5, 5.41) is 22.2. The number of phenolic OH excluding ortho intramolecular Hbond substituents is 1. The average molecular weight is 440 g/mol. The highest BCUT2D eigenvalue weighted by atomic mass is 16.5. The summed E-state index contributed by atoms with van der Waals surface area (Å²) in [5.41, 5.74) is 0.364. The lowest BCUT2D eigenvalue weighted by molar-refractivity contribution is -0.147. The zero-order valence-corrected chi connectivity index (χ0v) is 20.1. The van der Waals surface area contributed by atoms with Crippen LogP contribution in [0.25, 0.3) is 0 Å². The first kappa shape index (κ1) is 22.3. The maximum atomic E-state index is 11.9. The Balaban J connectivity index is 1.34. The highest BCUT2D eigenvalue weighted by Crippen LogP contribution is 2.68. The van der Waals surface area contributed by atoms with E-state index in [1.807, 2.05) is 12.1 Å². The molecule has 176 valence electrons. The van der Waals surface area contributed by atoms with Crippen molar-refractivity contribution in [3.8, 4) is 11.5 Å². The second-order valence-corrected chi connectivity index (χ2v) is 11.8. The average Bonchev–Trinajstić information content (AvgIpc) is 3.05. The van der Waals surface area contributed by atoms with Crippen molar-refractivity contribution in [3.05, 3.63) is 23.8 Å². The fourth-order valence-corrected chi connectivity index (χ4v) is 8.77. The van der Waals surface area contributed by atoms with Crippen LogP contribution in [0.5, 0.6) is 11.5 Å². The monoisotopic (exact) mass is 439 g/mol. The summed E-state index contributed by atoms with van der Waals surface area (Å²) in [6.45, 7) is 5.38. The molecule has 1 aromatic carbocycles. The predicted octanol–water partition coefficient (Wildman–Crippen LogP) is 5.98. The third-order valence-corrected chi connectivity index (χ3v) is 10.7. The van der Waals surface area contributed by atoms with Crippen molar-refractivity contribution in [3.63, 3.8) is 0 Å². The van der Waals surface area contributed by atoms with Gasteiger partial charge >= 0.3 is 0 Å². The van der Waals surface area contributed by atoms with E-state index in [1.165, 1.54) is 44.9 Å². The molecule has 2 N–H and O–H groups in total. The predicted molar refractivity (Wildman–Crippen MR) is 128 cm³/mol. The normalized spacial score (nSPS) is 43.5. The van der Waals surface area contributed by atoms with Crippen LogP contribution in [-0.4, -0.2) is 35.7 Å². The summed E-state index contributed by atoms with van der Waals surface area (Å²) in [6, 6.07) is 5.42. The van der Waals surface area contributed by atoms with E-state index in [0.717, 1.165) is 37.0 Å². The van der Waals surface area contributed by atoms with Crippen molar-refractivity contribution in [2.75, 3.05) is 13.7 Å². The zero-order chi connectivity index (χ0) is 22.6. The number of methoxy groups -OCH3 is 1. The molecule has 4 aliphatic rings. The lowest BCUT2D eigenvalue weighted by Crippen LogP contribution is -2.56. The molecule has 0 radical (unpaired) electrons. The topological polar surface area (TPSA) is 62.0 Å². The molecule has 4 aliphatic carbocycles. The van der Waals surface area contributed by atoms with Gasteiger partial charge in [0.15, 0.2) is 11.5 Å². The molecule has 0 aromatic heterocycles. The summed E-state index contributed by atoms with van der Waals surface area (Å²) in [4.78, 5) is 4.66. The Morgan fingerprint density at radius 2 is 1.84 bits per heavy atom. The van der Waals surface area contributed by atoms with Gasteiger partial charge in [0.25, 0.3) is 0 Å². The number of phenols is 1. The minimum atomic E-state index is -0.752. The van der Waals surface area contributed by atoms with E-state index < -0.39 is 5.60 Å². The number of aliphatic hydroxyl groups is 1. The maximum Gasteiger partial charge on any atom is 0.166 e. The minimum absolute atomic E-state index is 0.0558. The van der Waals surface area contributed by atoms with Gasteiger partial charge in [-0.05, 0) is 92.6 Å². The molecule has 0 aliphatic heterocycles. The van der Waals surface area contributed by atoms with Crippen molar-refractivity contribution in [2.24, 2.45) is 39.5 Å². The molecule has 4 saturated carbocycles. The lowest BCUT2D eigenvalue weighted by Gasteiger charge is -2.61. The van der Waals surface area contributed by atoms with E-state index in [9.17, 15) is 10.2 Å². The third kappa shape index (κ3) is 3.23. The number of hydrogen-bond acceptors (Lipinski definition) is 4. The van der Waals surface area contributed by atoms with Gasteiger partial charge in [-0.1, -0.05) is 32.8 Å². The van der Waals surface area contributed by atoms with Crippen LogP contribution in [-0.2, 0) is 0 Å². The third-order valence-electron chi connectivity index (χ3n) is 10.7. The van der Waals surface area contributed by atoms with Crippen molar-refractivity contribution in [2.45, 2.75) is 83.7 Å². The Labute approximate surface area is 193 Å². The van der Waals surface area contributed by atoms with Crippen molar-refractivity contribution in [1.82, 2.24) is 0 Å².